The highest BCUT2D eigenvalue weighted by molar-refractivity contribution is 6.31. The van der Waals surface area contributed by atoms with Crippen LogP contribution in [0.5, 0.6) is 0 Å². The second kappa shape index (κ2) is 10.4. The van der Waals surface area contributed by atoms with Gasteiger partial charge in [-0.25, -0.2) is 9.78 Å². The molecule has 0 saturated heterocycles. The third kappa shape index (κ3) is 7.10. The van der Waals surface area contributed by atoms with Crippen LogP contribution in [0.15, 0.2) is 30.3 Å². The van der Waals surface area contributed by atoms with Gasteiger partial charge in [-0.05, 0) is 95.5 Å². The largest absolute Gasteiger partial charge is 0.444 e. The molecule has 0 spiro atoms. The van der Waals surface area contributed by atoms with Crippen molar-refractivity contribution in [2.45, 2.75) is 77.4 Å². The van der Waals surface area contributed by atoms with Gasteiger partial charge in [0.15, 0.2) is 0 Å². The van der Waals surface area contributed by atoms with Crippen molar-refractivity contribution in [3.05, 3.63) is 52.2 Å². The maximum atomic E-state index is 13.1. The summed E-state index contributed by atoms with van der Waals surface area (Å²) in [6.07, 6.45) is 4.77. The van der Waals surface area contributed by atoms with E-state index < -0.39 is 5.60 Å². The van der Waals surface area contributed by atoms with Crippen molar-refractivity contribution in [2.75, 3.05) is 17.2 Å². The Kier molecular flexibility index (Phi) is 7.55. The van der Waals surface area contributed by atoms with Crippen molar-refractivity contribution in [1.29, 1.82) is 0 Å². The highest BCUT2D eigenvalue weighted by Gasteiger charge is 2.30. The summed E-state index contributed by atoms with van der Waals surface area (Å²) in [5.74, 6) is 1.39. The van der Waals surface area contributed by atoms with Gasteiger partial charge in [0.25, 0.3) is 5.91 Å². The Morgan fingerprint density at radius 1 is 1.14 bits per heavy atom. The third-order valence-electron chi connectivity index (χ3n) is 6.38. The molecule has 2 aliphatic rings. The second-order valence-corrected chi connectivity index (χ2v) is 11.1. The number of halogens is 1. The summed E-state index contributed by atoms with van der Waals surface area (Å²) in [6.45, 7) is 8.20. The van der Waals surface area contributed by atoms with E-state index in [-0.39, 0.29) is 18.0 Å². The zero-order chi connectivity index (χ0) is 25.2. The number of nitrogens with one attached hydrogen (secondary N) is 3. The topological polar surface area (TPSA) is 92.4 Å². The zero-order valence-electron chi connectivity index (χ0n) is 20.9. The lowest BCUT2D eigenvalue weighted by atomic mass is 9.78. The fraction of sp³-hybridized carbons (Fsp3) is 0.519. The number of anilines is 2. The highest BCUT2D eigenvalue weighted by Crippen LogP contribution is 2.41. The Labute approximate surface area is 212 Å². The van der Waals surface area contributed by atoms with Crippen molar-refractivity contribution >= 4 is 35.1 Å². The summed E-state index contributed by atoms with van der Waals surface area (Å²) in [5, 5.41) is 9.83. The molecule has 1 aromatic carbocycles. The SMILES string of the molecule is Cc1ccc(NC(=O)c2ccc(Cl)cc2NC2CC(CCNC(=O)OC(C)(C)C)C2)nc1C1CC1. The molecule has 35 heavy (non-hydrogen) atoms. The van der Waals surface area contributed by atoms with Gasteiger partial charge in [0.1, 0.15) is 11.4 Å². The molecule has 8 heteroatoms. The number of alkyl carbamates (subject to hydrolysis) is 1. The molecular formula is C27H35ClN4O3. The summed E-state index contributed by atoms with van der Waals surface area (Å²) >= 11 is 6.24. The number of carbonyl (C=O) groups is 2. The first-order valence-corrected chi connectivity index (χ1v) is 12.8. The Balaban J connectivity index is 1.30. The van der Waals surface area contributed by atoms with E-state index in [1.807, 2.05) is 32.9 Å². The number of pyridine rings is 1. The van der Waals surface area contributed by atoms with Gasteiger partial charge in [0, 0.05) is 34.9 Å². The summed E-state index contributed by atoms with van der Waals surface area (Å²) in [4.78, 5) is 29.6. The fourth-order valence-electron chi connectivity index (χ4n) is 4.40. The molecule has 2 aliphatic carbocycles. The van der Waals surface area contributed by atoms with E-state index in [0.717, 1.165) is 43.5 Å². The van der Waals surface area contributed by atoms with Crippen LogP contribution in [0, 0.1) is 12.8 Å². The standard InChI is InChI=1S/C27H35ClN4O3/c1-16-5-10-23(31-24(16)18-6-7-18)32-25(33)21-9-8-19(28)15-22(21)30-20-13-17(14-20)11-12-29-26(34)35-27(2,3)4/h5,8-10,15,17-18,20,30H,6-7,11-14H2,1-4H3,(H,29,34)(H,31,32,33). The number of ether oxygens (including phenoxy) is 1. The molecule has 3 N–H and O–H groups in total. The van der Waals surface area contributed by atoms with Crippen molar-refractivity contribution in [2.24, 2.45) is 5.92 Å². The number of carbonyl (C=O) groups excluding carboxylic acids is 2. The van der Waals surface area contributed by atoms with Crippen LogP contribution in [0.25, 0.3) is 0 Å². The lowest BCUT2D eigenvalue weighted by Crippen LogP contribution is -2.39. The minimum atomic E-state index is -0.494. The molecule has 0 radical (unpaired) electrons. The van der Waals surface area contributed by atoms with Crippen LogP contribution in [-0.2, 0) is 4.74 Å². The molecule has 0 unspecified atom stereocenters. The maximum Gasteiger partial charge on any atom is 0.407 e. The van der Waals surface area contributed by atoms with Crippen LogP contribution in [0.1, 0.15) is 80.4 Å². The van der Waals surface area contributed by atoms with E-state index in [4.69, 9.17) is 16.3 Å². The smallest absolute Gasteiger partial charge is 0.407 e. The molecule has 0 bridgehead atoms. The first-order valence-electron chi connectivity index (χ1n) is 12.4. The number of amides is 2. The van der Waals surface area contributed by atoms with Crippen molar-refractivity contribution in [1.82, 2.24) is 10.3 Å². The number of hydrogen-bond donors (Lipinski definition) is 3. The van der Waals surface area contributed by atoms with Gasteiger partial charge in [-0.15, -0.1) is 0 Å². The molecule has 2 saturated carbocycles. The molecule has 1 heterocycles. The van der Waals surface area contributed by atoms with Gasteiger partial charge < -0.3 is 20.7 Å². The van der Waals surface area contributed by atoms with E-state index in [1.54, 1.807) is 18.2 Å². The summed E-state index contributed by atoms with van der Waals surface area (Å²) in [5.41, 5.74) is 3.02. The van der Waals surface area contributed by atoms with Gasteiger partial charge in [-0.3, -0.25) is 4.79 Å². The van der Waals surface area contributed by atoms with Gasteiger partial charge >= 0.3 is 6.09 Å². The van der Waals surface area contributed by atoms with Crippen molar-refractivity contribution in [3.8, 4) is 0 Å². The molecule has 0 aliphatic heterocycles. The average molecular weight is 499 g/mol. The van der Waals surface area contributed by atoms with Crippen molar-refractivity contribution in [3.63, 3.8) is 0 Å². The minimum Gasteiger partial charge on any atom is -0.444 e. The van der Waals surface area contributed by atoms with E-state index in [2.05, 4.69) is 27.9 Å². The average Bonchev–Trinajstić information content (AvgIpc) is 3.57. The molecule has 2 aromatic rings. The Bertz CT molecular complexity index is 1090. The van der Waals surface area contributed by atoms with Gasteiger partial charge in [0.05, 0.1) is 5.56 Å². The molecule has 1 aromatic heterocycles. The molecule has 2 amide bonds. The minimum absolute atomic E-state index is 0.209. The van der Waals surface area contributed by atoms with E-state index in [9.17, 15) is 9.59 Å². The Morgan fingerprint density at radius 2 is 1.89 bits per heavy atom. The van der Waals surface area contributed by atoms with Crippen LogP contribution in [0.3, 0.4) is 0 Å². The summed E-state index contributed by atoms with van der Waals surface area (Å²) in [6, 6.07) is 9.40. The van der Waals surface area contributed by atoms with E-state index >= 15 is 0 Å². The lowest BCUT2D eigenvalue weighted by molar-refractivity contribution is 0.0522. The highest BCUT2D eigenvalue weighted by atomic mass is 35.5. The van der Waals surface area contributed by atoms with Crippen LogP contribution in [-0.4, -0.2) is 35.2 Å². The van der Waals surface area contributed by atoms with Crippen molar-refractivity contribution < 1.29 is 14.3 Å². The molecular weight excluding hydrogens is 464 g/mol. The first-order chi connectivity index (χ1) is 16.6. The monoisotopic (exact) mass is 498 g/mol. The Morgan fingerprint density at radius 3 is 2.57 bits per heavy atom. The quantitative estimate of drug-likeness (QED) is 0.398. The van der Waals surface area contributed by atoms with Gasteiger partial charge in [0.2, 0.25) is 0 Å². The molecule has 7 nitrogen and oxygen atoms in total. The number of aryl methyl sites for hydroxylation is 1. The van der Waals surface area contributed by atoms with E-state index in [1.165, 1.54) is 5.56 Å². The lowest BCUT2D eigenvalue weighted by Gasteiger charge is -2.37. The zero-order valence-corrected chi connectivity index (χ0v) is 21.7. The normalized spacial score (nSPS) is 19.5. The molecule has 4 rings (SSSR count). The van der Waals surface area contributed by atoms with Gasteiger partial charge in [-0.2, -0.15) is 0 Å². The number of rotatable bonds is 8. The predicted octanol–water partition coefficient (Wildman–Crippen LogP) is 6.28. The van der Waals surface area contributed by atoms with Crippen LogP contribution in [0.2, 0.25) is 5.02 Å². The number of benzene rings is 1. The fourth-order valence-corrected chi connectivity index (χ4v) is 4.58. The molecule has 0 atom stereocenters. The van der Waals surface area contributed by atoms with E-state index in [0.29, 0.717) is 34.8 Å². The first kappa shape index (κ1) is 25.3. The number of aromatic nitrogens is 1. The summed E-state index contributed by atoms with van der Waals surface area (Å²) < 4.78 is 5.27. The molecule has 188 valence electrons. The third-order valence-corrected chi connectivity index (χ3v) is 6.62. The Hall–Kier alpha value is -2.80. The number of nitrogens with zero attached hydrogens (tertiary/aromatic N) is 1. The summed E-state index contributed by atoms with van der Waals surface area (Å²) in [7, 11) is 0. The van der Waals surface area contributed by atoms with Crippen LogP contribution in [0.4, 0.5) is 16.3 Å². The maximum absolute atomic E-state index is 13.1. The predicted molar refractivity (Wildman–Crippen MR) is 139 cm³/mol. The second-order valence-electron chi connectivity index (χ2n) is 10.7. The van der Waals surface area contributed by atoms with Crippen LogP contribution < -0.4 is 16.0 Å². The number of hydrogen-bond acceptors (Lipinski definition) is 5. The van der Waals surface area contributed by atoms with Gasteiger partial charge in [-0.1, -0.05) is 17.7 Å². The van der Waals surface area contributed by atoms with Crippen LogP contribution >= 0.6 is 11.6 Å². The molecule has 2 fully saturated rings.